The lowest BCUT2D eigenvalue weighted by atomic mass is 10.1. The summed E-state index contributed by atoms with van der Waals surface area (Å²) < 4.78 is 11.8. The molecule has 34 heavy (non-hydrogen) atoms. The molecule has 3 N–H and O–H groups in total. The summed E-state index contributed by atoms with van der Waals surface area (Å²) in [6.07, 6.45) is 1.71. The molecule has 1 aromatic carbocycles. The Morgan fingerprint density at radius 2 is 1.94 bits per heavy atom. The van der Waals surface area contributed by atoms with Gasteiger partial charge in [0.15, 0.2) is 11.0 Å². The molecule has 0 atom stereocenters. The molecule has 0 aliphatic rings. The Kier molecular flexibility index (Phi) is 8.08. The van der Waals surface area contributed by atoms with Crippen molar-refractivity contribution in [1.29, 1.82) is 0 Å². The van der Waals surface area contributed by atoms with E-state index >= 15 is 0 Å². The van der Waals surface area contributed by atoms with E-state index in [2.05, 4.69) is 22.1 Å². The van der Waals surface area contributed by atoms with Gasteiger partial charge in [-0.25, -0.2) is 4.79 Å². The molecule has 0 aliphatic carbocycles. The minimum absolute atomic E-state index is 0.0125. The smallest absolute Gasteiger partial charge is 0.341 e. The predicted molar refractivity (Wildman–Crippen MR) is 130 cm³/mol. The average Bonchev–Trinajstić information content (AvgIpc) is 3.38. The number of nitrogens with zero attached hydrogens (tertiary/aromatic N) is 3. The molecule has 0 radical (unpaired) electrons. The van der Waals surface area contributed by atoms with Crippen molar-refractivity contribution in [2.45, 2.75) is 18.6 Å². The highest BCUT2D eigenvalue weighted by molar-refractivity contribution is 7.99. The Bertz CT molecular complexity index is 1230. The van der Waals surface area contributed by atoms with Crippen molar-refractivity contribution in [3.05, 3.63) is 52.9 Å². The van der Waals surface area contributed by atoms with Crippen LogP contribution in [-0.4, -0.2) is 52.5 Å². The molecule has 0 spiro atoms. The van der Waals surface area contributed by atoms with E-state index in [4.69, 9.17) is 15.2 Å². The molecule has 0 bridgehead atoms. The maximum Gasteiger partial charge on any atom is 0.341 e. The van der Waals surface area contributed by atoms with Crippen molar-refractivity contribution < 1.29 is 23.9 Å². The molecule has 2 aromatic heterocycles. The van der Waals surface area contributed by atoms with Gasteiger partial charge in [0.1, 0.15) is 10.8 Å². The van der Waals surface area contributed by atoms with E-state index < -0.39 is 17.8 Å². The summed E-state index contributed by atoms with van der Waals surface area (Å²) in [4.78, 5) is 36.7. The van der Waals surface area contributed by atoms with Gasteiger partial charge in [-0.05, 0) is 36.8 Å². The van der Waals surface area contributed by atoms with Crippen LogP contribution in [0.25, 0.3) is 11.4 Å². The van der Waals surface area contributed by atoms with E-state index in [1.807, 2.05) is 28.8 Å². The van der Waals surface area contributed by atoms with Crippen molar-refractivity contribution in [2.24, 2.45) is 5.73 Å². The molecule has 2 amide bonds. The number of nitrogens with two attached hydrogens (primary N) is 1. The molecule has 0 aliphatic heterocycles. The predicted octanol–water partition coefficient (Wildman–Crippen LogP) is 3.13. The molecule has 3 rings (SSSR count). The van der Waals surface area contributed by atoms with Crippen molar-refractivity contribution >= 4 is 45.9 Å². The van der Waals surface area contributed by atoms with Crippen LogP contribution in [0.15, 0.2) is 42.1 Å². The van der Waals surface area contributed by atoms with Gasteiger partial charge in [0.25, 0.3) is 5.91 Å². The molecule has 0 fully saturated rings. The first-order chi connectivity index (χ1) is 16.3. The third-order valence-electron chi connectivity index (χ3n) is 4.72. The van der Waals surface area contributed by atoms with Crippen LogP contribution in [0, 0.1) is 6.92 Å². The van der Waals surface area contributed by atoms with Gasteiger partial charge in [0.2, 0.25) is 5.91 Å². The third kappa shape index (κ3) is 5.29. The number of anilines is 1. The Balaban J connectivity index is 1.78. The number of hydrogen-bond acceptors (Lipinski definition) is 9. The normalized spacial score (nSPS) is 10.6. The van der Waals surface area contributed by atoms with E-state index in [0.29, 0.717) is 23.1 Å². The van der Waals surface area contributed by atoms with Gasteiger partial charge in [0.05, 0.1) is 30.4 Å². The number of hydrogen-bond donors (Lipinski definition) is 2. The summed E-state index contributed by atoms with van der Waals surface area (Å²) >= 11 is 2.11. The highest BCUT2D eigenvalue weighted by Gasteiger charge is 2.25. The number of benzene rings is 1. The van der Waals surface area contributed by atoms with Crippen LogP contribution < -0.4 is 15.8 Å². The highest BCUT2D eigenvalue weighted by atomic mass is 32.2. The second kappa shape index (κ2) is 11.0. The zero-order valence-electron chi connectivity index (χ0n) is 18.8. The van der Waals surface area contributed by atoms with Crippen LogP contribution in [0.3, 0.4) is 0 Å². The van der Waals surface area contributed by atoms with Crippen molar-refractivity contribution in [3.63, 3.8) is 0 Å². The molecule has 3 aromatic rings. The number of primary amides is 1. The number of methoxy groups -OCH3 is 2. The minimum atomic E-state index is -0.689. The van der Waals surface area contributed by atoms with Crippen LogP contribution in [0.5, 0.6) is 5.75 Å². The number of ether oxygens (including phenoxy) is 2. The fourth-order valence-corrected chi connectivity index (χ4v) is 4.93. The lowest BCUT2D eigenvalue weighted by Crippen LogP contribution is -2.16. The largest absolute Gasteiger partial charge is 0.497 e. The van der Waals surface area contributed by atoms with E-state index in [1.54, 1.807) is 20.1 Å². The van der Waals surface area contributed by atoms with Gasteiger partial charge >= 0.3 is 5.97 Å². The highest BCUT2D eigenvalue weighted by Crippen LogP contribution is 2.34. The number of allylic oxidation sites excluding steroid dienone is 1. The topological polar surface area (TPSA) is 138 Å². The van der Waals surface area contributed by atoms with Crippen molar-refractivity contribution in [3.8, 4) is 17.1 Å². The number of carbonyl (C=O) groups excluding carboxylic acids is 3. The van der Waals surface area contributed by atoms with E-state index in [1.165, 1.54) is 18.9 Å². The van der Waals surface area contributed by atoms with Gasteiger partial charge in [-0.15, -0.1) is 28.1 Å². The number of aromatic nitrogens is 3. The number of thioether (sulfide) groups is 1. The quantitative estimate of drug-likeness (QED) is 0.245. The molecular formula is C22H23N5O5S2. The van der Waals surface area contributed by atoms with Crippen LogP contribution in [0.2, 0.25) is 0 Å². The van der Waals surface area contributed by atoms with Crippen molar-refractivity contribution in [1.82, 2.24) is 14.8 Å². The maximum atomic E-state index is 12.7. The first-order valence-corrected chi connectivity index (χ1v) is 11.7. The maximum absolute atomic E-state index is 12.7. The first kappa shape index (κ1) is 25.0. The fraction of sp³-hybridized carbons (Fsp3) is 0.227. The fourth-order valence-electron chi connectivity index (χ4n) is 3.12. The van der Waals surface area contributed by atoms with Gasteiger partial charge in [0, 0.05) is 12.1 Å². The lowest BCUT2D eigenvalue weighted by molar-refractivity contribution is -0.113. The summed E-state index contributed by atoms with van der Waals surface area (Å²) in [5.41, 5.74) is 6.69. The molecule has 2 heterocycles. The van der Waals surface area contributed by atoms with Gasteiger partial charge < -0.3 is 20.5 Å². The molecule has 0 saturated heterocycles. The first-order valence-electron chi connectivity index (χ1n) is 9.93. The third-order valence-corrected chi connectivity index (χ3v) is 6.91. The zero-order valence-corrected chi connectivity index (χ0v) is 20.4. The Morgan fingerprint density at radius 1 is 1.24 bits per heavy atom. The van der Waals surface area contributed by atoms with Gasteiger partial charge in [-0.3, -0.25) is 14.2 Å². The molecule has 0 unspecified atom stereocenters. The van der Waals surface area contributed by atoms with Crippen molar-refractivity contribution in [2.75, 3.05) is 25.3 Å². The number of carbonyl (C=O) groups is 3. The number of nitrogens with one attached hydrogen (secondary N) is 1. The van der Waals surface area contributed by atoms with Crippen LogP contribution in [0.4, 0.5) is 5.00 Å². The number of esters is 1. The SMILES string of the molecule is C=CCn1c(SCC(=O)Nc2sc(C(N)=O)c(C)c2C(=O)OC)nnc1-c1ccc(OC)cc1. The van der Waals surface area contributed by atoms with Gasteiger partial charge in [-0.1, -0.05) is 17.8 Å². The standard InChI is InChI=1S/C22H23N5O5S2/c1-5-10-27-19(13-6-8-14(31-3)9-7-13)25-26-22(27)33-11-15(28)24-20-16(21(30)32-4)12(2)17(34-20)18(23)29/h5-9H,1,10-11H2,2-4H3,(H2,23,29)(H,24,28). The Morgan fingerprint density at radius 3 is 2.53 bits per heavy atom. The number of rotatable bonds is 10. The summed E-state index contributed by atoms with van der Waals surface area (Å²) in [5.74, 6) is -0.420. The summed E-state index contributed by atoms with van der Waals surface area (Å²) in [6.45, 7) is 5.80. The Labute approximate surface area is 204 Å². The second-order valence-electron chi connectivity index (χ2n) is 6.89. The van der Waals surface area contributed by atoms with Gasteiger partial charge in [-0.2, -0.15) is 0 Å². The molecular weight excluding hydrogens is 478 g/mol. The average molecular weight is 502 g/mol. The van der Waals surface area contributed by atoms with Crippen LogP contribution in [0.1, 0.15) is 25.6 Å². The molecule has 0 saturated carbocycles. The summed E-state index contributed by atoms with van der Waals surface area (Å²) in [5, 5.41) is 11.9. The molecule has 12 heteroatoms. The van der Waals surface area contributed by atoms with Crippen LogP contribution >= 0.6 is 23.1 Å². The summed E-state index contributed by atoms with van der Waals surface area (Å²) in [7, 11) is 2.81. The monoisotopic (exact) mass is 501 g/mol. The molecule has 178 valence electrons. The number of amides is 2. The van der Waals surface area contributed by atoms with E-state index in [0.717, 1.165) is 22.6 Å². The van der Waals surface area contributed by atoms with Crippen LogP contribution in [-0.2, 0) is 16.1 Å². The van der Waals surface area contributed by atoms with E-state index in [-0.39, 0.29) is 21.2 Å². The molecule has 10 nitrogen and oxygen atoms in total. The summed E-state index contributed by atoms with van der Waals surface area (Å²) in [6, 6.07) is 7.39. The second-order valence-corrected chi connectivity index (χ2v) is 8.85. The van der Waals surface area contributed by atoms with E-state index in [9.17, 15) is 14.4 Å². The number of thiophene rings is 1. The lowest BCUT2D eigenvalue weighted by Gasteiger charge is -2.09. The zero-order chi connectivity index (χ0) is 24.8. The minimum Gasteiger partial charge on any atom is -0.497 e. The Hall–Kier alpha value is -3.64.